The van der Waals surface area contributed by atoms with E-state index in [4.69, 9.17) is 11.6 Å². The average molecular weight is 356 g/mol. The number of nitrogens with one attached hydrogen (secondary N) is 1. The number of benzene rings is 1. The van der Waals surface area contributed by atoms with Gasteiger partial charge in [-0.05, 0) is 18.4 Å². The molecule has 2 heterocycles. The zero-order valence-electron chi connectivity index (χ0n) is 12.4. The van der Waals surface area contributed by atoms with Gasteiger partial charge in [0.1, 0.15) is 11.6 Å². The molecule has 0 fully saturated rings. The smallest absolute Gasteiger partial charge is 0.270 e. The van der Waals surface area contributed by atoms with E-state index >= 15 is 0 Å². The molecule has 118 valence electrons. The molecule has 8 heteroatoms. The van der Waals surface area contributed by atoms with Crippen LogP contribution in [-0.4, -0.2) is 26.4 Å². The van der Waals surface area contributed by atoms with Crippen molar-refractivity contribution >= 4 is 23.4 Å². The largest absolute Gasteiger partial charge is 0.300 e. The number of nitriles is 1. The van der Waals surface area contributed by atoms with Crippen molar-refractivity contribution in [2.45, 2.75) is 5.16 Å². The van der Waals surface area contributed by atoms with Crippen LogP contribution >= 0.6 is 23.4 Å². The summed E-state index contributed by atoms with van der Waals surface area (Å²) in [6, 6.07) is 12.6. The first-order valence-electron chi connectivity index (χ1n) is 6.81. The Morgan fingerprint density at radius 3 is 2.42 bits per heavy atom. The summed E-state index contributed by atoms with van der Waals surface area (Å²) < 4.78 is 0. The number of thioether (sulfide) groups is 1. The Bertz CT molecular complexity index is 977. The number of hydrogen-bond acceptors (Lipinski definition) is 6. The molecular weight excluding hydrogens is 346 g/mol. The van der Waals surface area contributed by atoms with Gasteiger partial charge in [-0.1, -0.05) is 47.6 Å². The van der Waals surface area contributed by atoms with Gasteiger partial charge in [0, 0.05) is 11.1 Å². The second kappa shape index (κ2) is 6.83. The molecule has 0 unspecified atom stereocenters. The summed E-state index contributed by atoms with van der Waals surface area (Å²) in [5, 5.41) is 17.8. The van der Waals surface area contributed by atoms with Crippen molar-refractivity contribution in [1.29, 1.82) is 5.26 Å². The van der Waals surface area contributed by atoms with Crippen LogP contribution in [0.1, 0.15) is 5.56 Å². The van der Waals surface area contributed by atoms with E-state index in [1.807, 2.05) is 18.2 Å². The number of aromatic nitrogens is 4. The van der Waals surface area contributed by atoms with Gasteiger partial charge in [-0.25, -0.2) is 4.98 Å². The Morgan fingerprint density at radius 1 is 1.12 bits per heavy atom. The fourth-order valence-corrected chi connectivity index (χ4v) is 2.61. The molecule has 24 heavy (non-hydrogen) atoms. The van der Waals surface area contributed by atoms with Crippen LogP contribution < -0.4 is 5.56 Å². The maximum Gasteiger partial charge on any atom is 0.270 e. The van der Waals surface area contributed by atoms with Crippen molar-refractivity contribution in [3.63, 3.8) is 0 Å². The average Bonchev–Trinajstić information content (AvgIpc) is 2.62. The molecule has 0 aliphatic carbocycles. The Balaban J connectivity index is 2.05. The first-order chi connectivity index (χ1) is 11.6. The minimum Gasteiger partial charge on any atom is -0.300 e. The van der Waals surface area contributed by atoms with Crippen molar-refractivity contribution in [2.24, 2.45) is 0 Å². The van der Waals surface area contributed by atoms with Crippen LogP contribution in [0.2, 0.25) is 5.15 Å². The molecule has 2 aromatic heterocycles. The van der Waals surface area contributed by atoms with E-state index in [2.05, 4.69) is 20.2 Å². The molecule has 0 spiro atoms. The number of rotatable bonds is 3. The Morgan fingerprint density at radius 2 is 1.83 bits per heavy atom. The SMILES string of the molecule is CSc1nc(-c2ccc(-c3ccc(Cl)nn3)cc2)c(C#N)c(=O)[nH]1. The molecule has 0 aliphatic rings. The van der Waals surface area contributed by atoms with Gasteiger partial charge in [-0.15, -0.1) is 10.2 Å². The highest BCUT2D eigenvalue weighted by atomic mass is 35.5. The summed E-state index contributed by atoms with van der Waals surface area (Å²) in [4.78, 5) is 18.9. The zero-order chi connectivity index (χ0) is 17.1. The lowest BCUT2D eigenvalue weighted by molar-refractivity contribution is 0.937. The van der Waals surface area contributed by atoms with Gasteiger partial charge < -0.3 is 4.98 Å². The summed E-state index contributed by atoms with van der Waals surface area (Å²) in [5.41, 5.74) is 2.11. The Kier molecular flexibility index (Phi) is 4.60. The third kappa shape index (κ3) is 3.15. The lowest BCUT2D eigenvalue weighted by Crippen LogP contribution is -2.14. The Labute approximate surface area is 146 Å². The zero-order valence-corrected chi connectivity index (χ0v) is 14.0. The quantitative estimate of drug-likeness (QED) is 0.572. The molecule has 3 rings (SSSR count). The van der Waals surface area contributed by atoms with Crippen LogP contribution in [0.4, 0.5) is 0 Å². The van der Waals surface area contributed by atoms with E-state index in [-0.39, 0.29) is 5.56 Å². The van der Waals surface area contributed by atoms with Gasteiger partial charge >= 0.3 is 0 Å². The molecule has 3 aromatic rings. The predicted molar refractivity (Wildman–Crippen MR) is 92.8 cm³/mol. The third-order valence-electron chi connectivity index (χ3n) is 3.29. The lowest BCUT2D eigenvalue weighted by Gasteiger charge is -2.06. The van der Waals surface area contributed by atoms with Gasteiger partial charge in [-0.3, -0.25) is 4.79 Å². The standard InChI is InChI=1S/C16H10ClN5OS/c1-24-16-19-14(11(8-18)15(23)20-16)10-4-2-9(3-5-10)12-6-7-13(17)22-21-12/h2-7H,1H3,(H,19,20,23). The van der Waals surface area contributed by atoms with Crippen molar-refractivity contribution in [3.8, 4) is 28.6 Å². The number of nitrogens with zero attached hydrogens (tertiary/aromatic N) is 4. The van der Waals surface area contributed by atoms with Crippen LogP contribution in [-0.2, 0) is 0 Å². The molecule has 0 radical (unpaired) electrons. The number of halogens is 1. The summed E-state index contributed by atoms with van der Waals surface area (Å²) in [7, 11) is 0. The van der Waals surface area contributed by atoms with Gasteiger partial charge in [0.05, 0.1) is 11.4 Å². The van der Waals surface area contributed by atoms with Crippen LogP contribution in [0.15, 0.2) is 46.3 Å². The van der Waals surface area contributed by atoms with Gasteiger partial charge in [0.15, 0.2) is 10.3 Å². The normalized spacial score (nSPS) is 10.4. The molecule has 1 aromatic carbocycles. The van der Waals surface area contributed by atoms with E-state index in [1.54, 1.807) is 30.5 Å². The lowest BCUT2D eigenvalue weighted by atomic mass is 10.0. The van der Waals surface area contributed by atoms with E-state index < -0.39 is 5.56 Å². The third-order valence-corrected chi connectivity index (χ3v) is 4.07. The second-order valence-electron chi connectivity index (χ2n) is 4.73. The van der Waals surface area contributed by atoms with E-state index in [0.717, 1.165) is 5.56 Å². The number of hydrogen-bond donors (Lipinski definition) is 1. The van der Waals surface area contributed by atoms with E-state index in [0.29, 0.717) is 27.3 Å². The molecule has 0 amide bonds. The first kappa shape index (κ1) is 16.2. The summed E-state index contributed by atoms with van der Waals surface area (Å²) >= 11 is 7.04. The first-order valence-corrected chi connectivity index (χ1v) is 8.41. The van der Waals surface area contributed by atoms with Crippen LogP contribution in [0.3, 0.4) is 0 Å². The minimum absolute atomic E-state index is 0.00756. The van der Waals surface area contributed by atoms with Gasteiger partial charge in [-0.2, -0.15) is 5.26 Å². The van der Waals surface area contributed by atoms with Crippen LogP contribution in [0.25, 0.3) is 22.5 Å². The van der Waals surface area contributed by atoms with Crippen molar-refractivity contribution in [3.05, 3.63) is 57.5 Å². The number of aromatic amines is 1. The van der Waals surface area contributed by atoms with E-state index in [9.17, 15) is 10.1 Å². The van der Waals surface area contributed by atoms with Crippen LogP contribution in [0.5, 0.6) is 0 Å². The topological polar surface area (TPSA) is 95.3 Å². The molecule has 1 N–H and O–H groups in total. The molecule has 6 nitrogen and oxygen atoms in total. The molecule has 0 saturated heterocycles. The highest BCUT2D eigenvalue weighted by molar-refractivity contribution is 7.98. The van der Waals surface area contributed by atoms with Crippen LogP contribution in [0, 0.1) is 11.3 Å². The highest BCUT2D eigenvalue weighted by Gasteiger charge is 2.13. The molecule has 0 aliphatic heterocycles. The minimum atomic E-state index is -0.445. The Hall–Kier alpha value is -2.69. The van der Waals surface area contributed by atoms with Gasteiger partial charge in [0.25, 0.3) is 5.56 Å². The van der Waals surface area contributed by atoms with Gasteiger partial charge in [0.2, 0.25) is 0 Å². The van der Waals surface area contributed by atoms with Crippen molar-refractivity contribution in [1.82, 2.24) is 20.2 Å². The number of H-pyrrole nitrogens is 1. The molecule has 0 saturated carbocycles. The molecule has 0 bridgehead atoms. The van der Waals surface area contributed by atoms with Crippen molar-refractivity contribution in [2.75, 3.05) is 6.26 Å². The maximum atomic E-state index is 12.0. The summed E-state index contributed by atoms with van der Waals surface area (Å²) in [6.07, 6.45) is 1.80. The van der Waals surface area contributed by atoms with Crippen molar-refractivity contribution < 1.29 is 0 Å². The second-order valence-corrected chi connectivity index (χ2v) is 5.91. The summed E-state index contributed by atoms with van der Waals surface area (Å²) in [5.74, 6) is 0. The molecular formula is C16H10ClN5OS. The summed E-state index contributed by atoms with van der Waals surface area (Å²) in [6.45, 7) is 0. The fraction of sp³-hybridized carbons (Fsp3) is 0.0625. The maximum absolute atomic E-state index is 12.0. The van der Waals surface area contributed by atoms with E-state index in [1.165, 1.54) is 11.8 Å². The monoisotopic (exact) mass is 355 g/mol. The predicted octanol–water partition coefficient (Wildman–Crippen LogP) is 3.14. The molecule has 0 atom stereocenters. The fourth-order valence-electron chi connectivity index (χ4n) is 2.13. The highest BCUT2D eigenvalue weighted by Crippen LogP contribution is 2.25.